The van der Waals surface area contributed by atoms with Crippen LogP contribution in [-0.2, 0) is 0 Å². The van der Waals surface area contributed by atoms with Crippen LogP contribution in [0.4, 0.5) is 17.1 Å². The minimum absolute atomic E-state index is 1.11. The molecule has 0 unspecified atom stereocenters. The Bertz CT molecular complexity index is 2720. The van der Waals surface area contributed by atoms with Crippen molar-refractivity contribution in [2.45, 2.75) is 0 Å². The van der Waals surface area contributed by atoms with Gasteiger partial charge in [-0.3, -0.25) is 0 Å². The Hall–Kier alpha value is -6.64. The Balaban J connectivity index is 1.07. The third-order valence-corrected chi connectivity index (χ3v) is 10.1. The highest BCUT2D eigenvalue weighted by molar-refractivity contribution is 6.24. The molecular formula is C48H32N2. The molecular weight excluding hydrogens is 605 g/mol. The molecule has 0 atom stereocenters. The van der Waals surface area contributed by atoms with Crippen LogP contribution in [0.3, 0.4) is 0 Å². The molecule has 9 aromatic carbocycles. The number of aromatic nitrogens is 1. The van der Waals surface area contributed by atoms with Gasteiger partial charge in [0.15, 0.2) is 0 Å². The van der Waals surface area contributed by atoms with Crippen molar-refractivity contribution in [3.63, 3.8) is 0 Å². The highest BCUT2D eigenvalue weighted by Gasteiger charge is 2.18. The first kappa shape index (κ1) is 28.4. The molecule has 0 saturated heterocycles. The van der Waals surface area contributed by atoms with Gasteiger partial charge in [-0.25, -0.2) is 0 Å². The van der Waals surface area contributed by atoms with E-state index in [1.165, 1.54) is 65.6 Å². The van der Waals surface area contributed by atoms with Gasteiger partial charge in [-0.15, -0.1) is 0 Å². The summed E-state index contributed by atoms with van der Waals surface area (Å²) < 4.78 is 2.41. The number of benzene rings is 9. The fourth-order valence-corrected chi connectivity index (χ4v) is 7.79. The average molecular weight is 637 g/mol. The summed E-state index contributed by atoms with van der Waals surface area (Å²) in [6.45, 7) is 0. The van der Waals surface area contributed by atoms with Gasteiger partial charge in [0, 0.05) is 33.2 Å². The van der Waals surface area contributed by atoms with E-state index in [1.807, 2.05) is 0 Å². The largest absolute Gasteiger partial charge is 0.310 e. The molecule has 10 rings (SSSR count). The normalized spacial score (nSPS) is 11.6. The Morgan fingerprint density at radius 1 is 0.340 bits per heavy atom. The summed E-state index contributed by atoms with van der Waals surface area (Å²) in [5.41, 5.74) is 11.8. The highest BCUT2D eigenvalue weighted by Crippen LogP contribution is 2.42. The van der Waals surface area contributed by atoms with Crippen molar-refractivity contribution in [3.8, 4) is 27.9 Å². The van der Waals surface area contributed by atoms with Crippen molar-refractivity contribution in [1.82, 2.24) is 4.57 Å². The minimum atomic E-state index is 1.11. The van der Waals surface area contributed by atoms with E-state index in [0.717, 1.165) is 22.7 Å². The van der Waals surface area contributed by atoms with Crippen LogP contribution < -0.4 is 4.90 Å². The quantitative estimate of drug-likeness (QED) is 0.165. The summed E-state index contributed by atoms with van der Waals surface area (Å²) in [5, 5.41) is 7.67. The summed E-state index contributed by atoms with van der Waals surface area (Å²) in [6.07, 6.45) is 0. The van der Waals surface area contributed by atoms with E-state index < -0.39 is 0 Å². The van der Waals surface area contributed by atoms with Crippen LogP contribution in [0.1, 0.15) is 0 Å². The van der Waals surface area contributed by atoms with E-state index in [9.17, 15) is 0 Å². The summed E-state index contributed by atoms with van der Waals surface area (Å²) in [5.74, 6) is 0. The number of hydrogen-bond acceptors (Lipinski definition) is 1. The smallest absolute Gasteiger partial charge is 0.0547 e. The van der Waals surface area contributed by atoms with Gasteiger partial charge in [0.2, 0.25) is 0 Å². The number of anilines is 3. The van der Waals surface area contributed by atoms with Gasteiger partial charge in [-0.2, -0.15) is 0 Å². The topological polar surface area (TPSA) is 8.17 Å². The van der Waals surface area contributed by atoms with Crippen molar-refractivity contribution in [3.05, 3.63) is 194 Å². The Morgan fingerprint density at radius 2 is 0.880 bits per heavy atom. The summed E-state index contributed by atoms with van der Waals surface area (Å²) in [7, 11) is 0. The lowest BCUT2D eigenvalue weighted by Gasteiger charge is -2.27. The molecule has 234 valence electrons. The third kappa shape index (κ3) is 4.57. The molecule has 0 radical (unpaired) electrons. The highest BCUT2D eigenvalue weighted by atomic mass is 15.1. The van der Waals surface area contributed by atoms with Crippen LogP contribution in [0.15, 0.2) is 194 Å². The standard InChI is InChI=1S/C48H32N2/c1-2-10-33(11-3-1)34-24-28-40(29-25-34)49(44-19-7-13-36-12-4-5-18-43(36)44)42-17-6-16-39(32-42)35-26-30-41(31-27-35)50-45-20-8-14-37-22-23-38-15-9-21-46(50)48(38)47(37)45/h1-32H. The van der Waals surface area contributed by atoms with Gasteiger partial charge in [-0.1, -0.05) is 140 Å². The first-order chi connectivity index (χ1) is 24.8. The summed E-state index contributed by atoms with van der Waals surface area (Å²) in [6, 6.07) is 70.4. The zero-order valence-electron chi connectivity index (χ0n) is 27.4. The fourth-order valence-electron chi connectivity index (χ4n) is 7.79. The molecule has 50 heavy (non-hydrogen) atoms. The van der Waals surface area contributed by atoms with Crippen molar-refractivity contribution in [1.29, 1.82) is 0 Å². The van der Waals surface area contributed by atoms with Crippen LogP contribution >= 0.6 is 0 Å². The molecule has 2 nitrogen and oxygen atoms in total. The maximum absolute atomic E-state index is 2.41. The molecule has 1 aromatic heterocycles. The lowest BCUT2D eigenvalue weighted by atomic mass is 10.0. The Labute approximate surface area is 291 Å². The van der Waals surface area contributed by atoms with Gasteiger partial charge >= 0.3 is 0 Å². The van der Waals surface area contributed by atoms with E-state index in [0.29, 0.717) is 0 Å². The van der Waals surface area contributed by atoms with Crippen molar-refractivity contribution >= 4 is 60.4 Å². The molecule has 0 fully saturated rings. The molecule has 0 aliphatic carbocycles. The van der Waals surface area contributed by atoms with Crippen LogP contribution in [0.2, 0.25) is 0 Å². The first-order valence-electron chi connectivity index (χ1n) is 17.2. The van der Waals surface area contributed by atoms with Crippen molar-refractivity contribution in [2.75, 3.05) is 4.90 Å². The molecule has 1 heterocycles. The lowest BCUT2D eigenvalue weighted by Crippen LogP contribution is -2.10. The molecule has 10 aromatic rings. The molecule has 0 aliphatic rings. The maximum Gasteiger partial charge on any atom is 0.0547 e. The lowest BCUT2D eigenvalue weighted by molar-refractivity contribution is 1.18. The van der Waals surface area contributed by atoms with Crippen LogP contribution in [0.25, 0.3) is 71.3 Å². The molecule has 0 bridgehead atoms. The van der Waals surface area contributed by atoms with E-state index in [-0.39, 0.29) is 0 Å². The van der Waals surface area contributed by atoms with Gasteiger partial charge in [0.05, 0.1) is 16.7 Å². The van der Waals surface area contributed by atoms with Gasteiger partial charge in [-0.05, 0) is 93.0 Å². The third-order valence-electron chi connectivity index (χ3n) is 10.1. The predicted octanol–water partition coefficient (Wildman–Crippen LogP) is 13.3. The monoisotopic (exact) mass is 636 g/mol. The van der Waals surface area contributed by atoms with E-state index in [1.54, 1.807) is 0 Å². The van der Waals surface area contributed by atoms with E-state index in [4.69, 9.17) is 0 Å². The maximum atomic E-state index is 2.41. The molecule has 0 N–H and O–H groups in total. The summed E-state index contributed by atoms with van der Waals surface area (Å²) >= 11 is 0. The van der Waals surface area contributed by atoms with Gasteiger partial charge in [0.1, 0.15) is 0 Å². The van der Waals surface area contributed by atoms with Crippen LogP contribution in [-0.4, -0.2) is 4.57 Å². The molecule has 0 amide bonds. The van der Waals surface area contributed by atoms with Gasteiger partial charge < -0.3 is 9.47 Å². The van der Waals surface area contributed by atoms with E-state index >= 15 is 0 Å². The van der Waals surface area contributed by atoms with Crippen LogP contribution in [0, 0.1) is 0 Å². The predicted molar refractivity (Wildman–Crippen MR) is 213 cm³/mol. The second kappa shape index (κ2) is 11.5. The molecule has 0 aliphatic heterocycles. The SMILES string of the molecule is c1ccc(-c2ccc(N(c3cccc(-c4ccc(-n5c6cccc7ccc8cccc5c8c76)cc4)c3)c3cccc4ccccc34)cc2)cc1. The zero-order valence-corrected chi connectivity index (χ0v) is 27.4. The second-order valence-corrected chi connectivity index (χ2v) is 13.0. The first-order valence-corrected chi connectivity index (χ1v) is 17.2. The molecule has 0 saturated carbocycles. The number of rotatable bonds is 6. The average Bonchev–Trinajstić information content (AvgIpc) is 3.54. The molecule has 2 heteroatoms. The number of fused-ring (bicyclic) bond motifs is 1. The Morgan fingerprint density at radius 3 is 1.62 bits per heavy atom. The number of nitrogens with zero attached hydrogens (tertiary/aromatic N) is 2. The molecule has 0 spiro atoms. The van der Waals surface area contributed by atoms with E-state index in [2.05, 4.69) is 204 Å². The minimum Gasteiger partial charge on any atom is -0.310 e. The second-order valence-electron chi connectivity index (χ2n) is 13.0. The Kier molecular flexibility index (Phi) is 6.53. The summed E-state index contributed by atoms with van der Waals surface area (Å²) in [4.78, 5) is 2.39. The fraction of sp³-hybridized carbons (Fsp3) is 0. The van der Waals surface area contributed by atoms with Crippen molar-refractivity contribution < 1.29 is 0 Å². The van der Waals surface area contributed by atoms with Crippen LogP contribution in [0.5, 0.6) is 0 Å². The zero-order chi connectivity index (χ0) is 33.0. The van der Waals surface area contributed by atoms with Crippen molar-refractivity contribution in [2.24, 2.45) is 0 Å². The van der Waals surface area contributed by atoms with Gasteiger partial charge in [0.25, 0.3) is 0 Å². The number of hydrogen-bond donors (Lipinski definition) is 0.